The van der Waals surface area contributed by atoms with Crippen LogP contribution in [0, 0.1) is 11.3 Å². The van der Waals surface area contributed by atoms with Crippen molar-refractivity contribution in [2.45, 2.75) is 37.8 Å². The maximum absolute atomic E-state index is 10.4. The average molecular weight is 324 g/mol. The molecule has 1 fully saturated rings. The van der Waals surface area contributed by atoms with Crippen molar-refractivity contribution >= 4 is 0 Å². The fourth-order valence-corrected chi connectivity index (χ4v) is 3.48. The molecular formula is C19H24N4O. The van der Waals surface area contributed by atoms with Gasteiger partial charge in [0.15, 0.2) is 0 Å². The molecule has 2 aromatic rings. The topological polar surface area (TPSA) is 65.1 Å². The highest BCUT2D eigenvalue weighted by molar-refractivity contribution is 5.31. The minimum atomic E-state index is -0.445. The SMILES string of the molecule is Cn1cc(C(O)CC2CCCN2CCc2ccc(C#N)cc2)cn1. The van der Waals surface area contributed by atoms with Crippen LogP contribution in [0.1, 0.15) is 42.1 Å². The Labute approximate surface area is 143 Å². The van der Waals surface area contributed by atoms with Crippen LogP contribution in [0.2, 0.25) is 0 Å². The number of aryl methyl sites for hydroxylation is 1. The normalized spacial score (nSPS) is 19.3. The van der Waals surface area contributed by atoms with E-state index in [1.54, 1.807) is 10.9 Å². The molecule has 3 rings (SSSR count). The van der Waals surface area contributed by atoms with Crippen molar-refractivity contribution in [1.82, 2.24) is 14.7 Å². The second-order valence-electron chi connectivity index (χ2n) is 6.59. The van der Waals surface area contributed by atoms with Gasteiger partial charge in [-0.05, 0) is 49.9 Å². The molecule has 5 nitrogen and oxygen atoms in total. The molecule has 2 heterocycles. The number of aliphatic hydroxyl groups excluding tert-OH is 1. The molecule has 1 aliphatic heterocycles. The first-order valence-electron chi connectivity index (χ1n) is 8.55. The Bertz CT molecular complexity index is 701. The molecule has 2 unspecified atom stereocenters. The van der Waals surface area contributed by atoms with Gasteiger partial charge in [0, 0.05) is 31.4 Å². The van der Waals surface area contributed by atoms with Crippen molar-refractivity contribution < 1.29 is 5.11 Å². The summed E-state index contributed by atoms with van der Waals surface area (Å²) < 4.78 is 1.73. The monoisotopic (exact) mass is 324 g/mol. The summed E-state index contributed by atoms with van der Waals surface area (Å²) >= 11 is 0. The molecule has 5 heteroatoms. The lowest BCUT2D eigenvalue weighted by molar-refractivity contribution is 0.121. The summed E-state index contributed by atoms with van der Waals surface area (Å²) in [6, 6.07) is 10.4. The molecule has 0 radical (unpaired) electrons. The Hall–Kier alpha value is -2.16. The van der Waals surface area contributed by atoms with Crippen LogP contribution < -0.4 is 0 Å². The highest BCUT2D eigenvalue weighted by atomic mass is 16.3. The second kappa shape index (κ2) is 7.61. The van der Waals surface area contributed by atoms with Crippen LogP contribution in [0.3, 0.4) is 0 Å². The molecule has 0 spiro atoms. The summed E-state index contributed by atoms with van der Waals surface area (Å²) in [4.78, 5) is 2.48. The van der Waals surface area contributed by atoms with Crippen molar-refractivity contribution in [3.63, 3.8) is 0 Å². The Balaban J connectivity index is 1.54. The van der Waals surface area contributed by atoms with E-state index in [0.717, 1.165) is 37.9 Å². The number of likely N-dealkylation sites (tertiary alicyclic amines) is 1. The number of nitrogens with zero attached hydrogens (tertiary/aromatic N) is 4. The van der Waals surface area contributed by atoms with E-state index in [1.807, 2.05) is 37.5 Å². The molecule has 1 N–H and O–H groups in total. The standard InChI is InChI=1S/C19H24N4O/c1-22-14-17(13-21-22)19(24)11-18-3-2-9-23(18)10-8-15-4-6-16(12-20)7-5-15/h4-7,13-14,18-19,24H,2-3,8-11H2,1H3. The fourth-order valence-electron chi connectivity index (χ4n) is 3.48. The number of hydrogen-bond acceptors (Lipinski definition) is 4. The quantitative estimate of drug-likeness (QED) is 0.886. The van der Waals surface area contributed by atoms with Gasteiger partial charge in [0.25, 0.3) is 0 Å². The van der Waals surface area contributed by atoms with E-state index in [1.165, 1.54) is 12.0 Å². The molecule has 0 bridgehead atoms. The number of aromatic nitrogens is 2. The van der Waals surface area contributed by atoms with Crippen LogP contribution in [0.5, 0.6) is 0 Å². The lowest BCUT2D eigenvalue weighted by Crippen LogP contribution is -2.32. The number of hydrogen-bond donors (Lipinski definition) is 1. The molecule has 1 aromatic carbocycles. The van der Waals surface area contributed by atoms with Crippen LogP contribution in [0.4, 0.5) is 0 Å². The van der Waals surface area contributed by atoms with Crippen LogP contribution in [-0.2, 0) is 13.5 Å². The summed E-state index contributed by atoms with van der Waals surface area (Å²) in [5.74, 6) is 0. The summed E-state index contributed by atoms with van der Waals surface area (Å²) in [6.45, 7) is 2.09. The number of nitriles is 1. The molecule has 1 aromatic heterocycles. The van der Waals surface area contributed by atoms with Gasteiger partial charge in [-0.1, -0.05) is 12.1 Å². The molecule has 0 amide bonds. The van der Waals surface area contributed by atoms with E-state index >= 15 is 0 Å². The van der Waals surface area contributed by atoms with Crippen LogP contribution in [0.25, 0.3) is 0 Å². The van der Waals surface area contributed by atoms with Crippen LogP contribution >= 0.6 is 0 Å². The zero-order chi connectivity index (χ0) is 16.9. The summed E-state index contributed by atoms with van der Waals surface area (Å²) in [6.07, 6.45) is 7.27. The van der Waals surface area contributed by atoms with E-state index in [-0.39, 0.29) is 0 Å². The minimum absolute atomic E-state index is 0.429. The molecule has 0 saturated carbocycles. The first-order valence-corrected chi connectivity index (χ1v) is 8.55. The number of aliphatic hydroxyl groups is 1. The van der Waals surface area contributed by atoms with Gasteiger partial charge in [0.05, 0.1) is 23.9 Å². The smallest absolute Gasteiger partial charge is 0.0991 e. The Morgan fingerprint density at radius 2 is 2.17 bits per heavy atom. The van der Waals surface area contributed by atoms with Gasteiger partial charge in [0.2, 0.25) is 0 Å². The van der Waals surface area contributed by atoms with Crippen molar-refractivity contribution in [3.8, 4) is 6.07 Å². The van der Waals surface area contributed by atoms with Crippen molar-refractivity contribution in [2.75, 3.05) is 13.1 Å². The van der Waals surface area contributed by atoms with Gasteiger partial charge in [0.1, 0.15) is 0 Å². The van der Waals surface area contributed by atoms with E-state index in [9.17, 15) is 5.11 Å². The number of benzene rings is 1. The predicted octanol–water partition coefficient (Wildman–Crippen LogP) is 2.42. The molecule has 0 aliphatic carbocycles. The van der Waals surface area contributed by atoms with Gasteiger partial charge < -0.3 is 5.11 Å². The molecule has 2 atom stereocenters. The van der Waals surface area contributed by atoms with Gasteiger partial charge in [-0.15, -0.1) is 0 Å². The summed E-state index contributed by atoms with van der Waals surface area (Å²) in [5, 5.41) is 23.4. The Kier molecular flexibility index (Phi) is 5.29. The Morgan fingerprint density at radius 3 is 2.83 bits per heavy atom. The average Bonchev–Trinajstić information content (AvgIpc) is 3.22. The third kappa shape index (κ3) is 4.02. The minimum Gasteiger partial charge on any atom is -0.388 e. The van der Waals surface area contributed by atoms with E-state index in [0.29, 0.717) is 11.6 Å². The highest BCUT2D eigenvalue weighted by Gasteiger charge is 2.27. The lowest BCUT2D eigenvalue weighted by Gasteiger charge is -2.26. The fraction of sp³-hybridized carbons (Fsp3) is 0.474. The van der Waals surface area contributed by atoms with Gasteiger partial charge in [-0.2, -0.15) is 10.4 Å². The molecule has 1 saturated heterocycles. The molecule has 24 heavy (non-hydrogen) atoms. The van der Waals surface area contributed by atoms with Crippen LogP contribution in [-0.4, -0.2) is 38.9 Å². The predicted molar refractivity (Wildman–Crippen MR) is 92.2 cm³/mol. The molecule has 126 valence electrons. The Morgan fingerprint density at radius 1 is 1.38 bits per heavy atom. The maximum atomic E-state index is 10.4. The lowest BCUT2D eigenvalue weighted by atomic mass is 10.0. The largest absolute Gasteiger partial charge is 0.388 e. The van der Waals surface area contributed by atoms with Crippen LogP contribution in [0.15, 0.2) is 36.7 Å². The van der Waals surface area contributed by atoms with Crippen molar-refractivity contribution in [2.24, 2.45) is 7.05 Å². The zero-order valence-electron chi connectivity index (χ0n) is 14.1. The zero-order valence-corrected chi connectivity index (χ0v) is 14.1. The first kappa shape index (κ1) is 16.7. The van der Waals surface area contributed by atoms with Gasteiger partial charge in [-0.3, -0.25) is 9.58 Å². The summed E-state index contributed by atoms with van der Waals surface area (Å²) in [5.41, 5.74) is 2.86. The highest BCUT2D eigenvalue weighted by Crippen LogP contribution is 2.27. The number of rotatable bonds is 6. The third-order valence-corrected chi connectivity index (χ3v) is 4.87. The summed E-state index contributed by atoms with van der Waals surface area (Å²) in [7, 11) is 1.87. The van der Waals surface area contributed by atoms with E-state index in [4.69, 9.17) is 5.26 Å². The second-order valence-corrected chi connectivity index (χ2v) is 6.59. The molecular weight excluding hydrogens is 300 g/mol. The van der Waals surface area contributed by atoms with E-state index in [2.05, 4.69) is 16.1 Å². The third-order valence-electron chi connectivity index (χ3n) is 4.87. The van der Waals surface area contributed by atoms with Gasteiger partial charge >= 0.3 is 0 Å². The molecule has 1 aliphatic rings. The van der Waals surface area contributed by atoms with Crippen molar-refractivity contribution in [3.05, 3.63) is 53.3 Å². The van der Waals surface area contributed by atoms with Crippen molar-refractivity contribution in [1.29, 1.82) is 5.26 Å². The van der Waals surface area contributed by atoms with Gasteiger partial charge in [-0.25, -0.2) is 0 Å². The van der Waals surface area contributed by atoms with E-state index < -0.39 is 6.10 Å². The first-order chi connectivity index (χ1) is 11.7. The maximum Gasteiger partial charge on any atom is 0.0991 e.